The smallest absolute Gasteiger partial charge is 0.379 e. The second-order valence-corrected chi connectivity index (χ2v) is 3.99. The van der Waals surface area contributed by atoms with Gasteiger partial charge >= 0.3 is 6.18 Å². The second kappa shape index (κ2) is 3.67. The lowest BCUT2D eigenvalue weighted by Crippen LogP contribution is -2.48. The lowest BCUT2D eigenvalue weighted by Gasteiger charge is -2.26. The Balaban J connectivity index is 2.56. The molecule has 0 radical (unpaired) electrons. The molecule has 1 rings (SSSR count). The van der Waals surface area contributed by atoms with E-state index < -0.39 is 11.8 Å². The summed E-state index contributed by atoms with van der Waals surface area (Å²) >= 11 is 0. The molecule has 1 saturated heterocycles. The van der Waals surface area contributed by atoms with Gasteiger partial charge in [0.1, 0.15) is 0 Å². The Morgan fingerprint density at radius 3 is 2.50 bits per heavy atom. The zero-order chi connectivity index (χ0) is 11.0. The summed E-state index contributed by atoms with van der Waals surface area (Å²) in [5, 5.41) is 9.30. The third kappa shape index (κ3) is 2.37. The predicted octanol–water partition coefficient (Wildman–Crippen LogP) is 0.333. The number of hydrogen-bond donors (Lipinski definition) is 2. The summed E-state index contributed by atoms with van der Waals surface area (Å²) < 4.78 is 37.0. The van der Waals surface area contributed by atoms with Crippen molar-refractivity contribution in [2.24, 2.45) is 5.73 Å². The Morgan fingerprint density at radius 2 is 2.14 bits per heavy atom. The molecule has 0 aliphatic carbocycles. The minimum Gasteiger partial charge on any atom is -0.379 e. The maximum Gasteiger partial charge on any atom is 0.418 e. The molecule has 0 spiro atoms. The number of alkyl halides is 3. The molecular formula is C8H15F3N2O. The fourth-order valence-corrected chi connectivity index (χ4v) is 1.67. The van der Waals surface area contributed by atoms with E-state index in [0.717, 1.165) is 0 Å². The number of nitrogens with zero attached hydrogens (tertiary/aromatic N) is 1. The van der Waals surface area contributed by atoms with Crippen molar-refractivity contribution in [3.63, 3.8) is 0 Å². The van der Waals surface area contributed by atoms with Crippen LogP contribution in [-0.2, 0) is 0 Å². The van der Waals surface area contributed by atoms with Gasteiger partial charge in [0.05, 0.1) is 0 Å². The van der Waals surface area contributed by atoms with E-state index in [9.17, 15) is 18.3 Å². The first kappa shape index (κ1) is 11.7. The number of hydrogen-bond acceptors (Lipinski definition) is 3. The first-order chi connectivity index (χ1) is 6.24. The van der Waals surface area contributed by atoms with Crippen LogP contribution in [0.1, 0.15) is 13.3 Å². The van der Waals surface area contributed by atoms with Gasteiger partial charge in [0.2, 0.25) is 0 Å². The van der Waals surface area contributed by atoms with Gasteiger partial charge in [-0.05, 0) is 13.3 Å². The molecule has 0 aromatic heterocycles. The highest BCUT2D eigenvalue weighted by Gasteiger charge is 2.56. The fraction of sp³-hybridized carbons (Fsp3) is 1.00. The minimum absolute atomic E-state index is 0.175. The van der Waals surface area contributed by atoms with Gasteiger partial charge in [-0.2, -0.15) is 13.2 Å². The lowest BCUT2D eigenvalue weighted by molar-refractivity contribution is -0.253. The summed E-state index contributed by atoms with van der Waals surface area (Å²) in [7, 11) is 0. The molecule has 0 amide bonds. The molecule has 2 atom stereocenters. The molecule has 3 N–H and O–H groups in total. The molecule has 1 aliphatic rings. The topological polar surface area (TPSA) is 49.5 Å². The van der Waals surface area contributed by atoms with E-state index in [1.54, 1.807) is 6.92 Å². The molecule has 14 heavy (non-hydrogen) atoms. The molecule has 2 unspecified atom stereocenters. The van der Waals surface area contributed by atoms with Crippen LogP contribution in [0.2, 0.25) is 0 Å². The summed E-state index contributed by atoms with van der Waals surface area (Å²) in [6.07, 6.45) is -4.80. The number of nitrogens with two attached hydrogens (primary N) is 1. The van der Waals surface area contributed by atoms with Crippen LogP contribution in [-0.4, -0.2) is 47.5 Å². The van der Waals surface area contributed by atoms with Crippen molar-refractivity contribution in [2.75, 3.05) is 19.6 Å². The molecule has 0 saturated carbocycles. The largest absolute Gasteiger partial charge is 0.418 e. The quantitative estimate of drug-likeness (QED) is 0.693. The van der Waals surface area contributed by atoms with Gasteiger partial charge in [0.15, 0.2) is 5.60 Å². The van der Waals surface area contributed by atoms with Crippen molar-refractivity contribution in [3.8, 4) is 0 Å². The maximum absolute atomic E-state index is 12.3. The summed E-state index contributed by atoms with van der Waals surface area (Å²) in [6, 6.07) is -0.175. The lowest BCUT2D eigenvalue weighted by atomic mass is 10.0. The van der Waals surface area contributed by atoms with Gasteiger partial charge in [0.25, 0.3) is 0 Å². The number of β-amino-alcohol motifs (C(OH)–C–C–N with tert-alkyl or cyclic N) is 1. The fourth-order valence-electron chi connectivity index (χ4n) is 1.67. The molecular weight excluding hydrogens is 197 g/mol. The average Bonchev–Trinajstić information content (AvgIpc) is 2.30. The summed E-state index contributed by atoms with van der Waals surface area (Å²) in [5.41, 5.74) is 2.93. The molecule has 0 aromatic carbocycles. The number of halogens is 3. The zero-order valence-electron chi connectivity index (χ0n) is 8.01. The first-order valence-electron chi connectivity index (χ1n) is 4.52. The van der Waals surface area contributed by atoms with Gasteiger partial charge in [-0.15, -0.1) is 0 Å². The van der Waals surface area contributed by atoms with Crippen LogP contribution in [0.4, 0.5) is 13.2 Å². The van der Waals surface area contributed by atoms with Crippen molar-refractivity contribution < 1.29 is 18.3 Å². The summed E-state index contributed by atoms with van der Waals surface area (Å²) in [6.45, 7) is 2.00. The highest BCUT2D eigenvalue weighted by atomic mass is 19.4. The summed E-state index contributed by atoms with van der Waals surface area (Å²) in [5.74, 6) is 0. The molecule has 84 valence electrons. The number of rotatable bonds is 2. The number of likely N-dealkylation sites (tertiary alicyclic amines) is 1. The van der Waals surface area contributed by atoms with Gasteiger partial charge in [-0.3, -0.25) is 4.90 Å². The Hall–Kier alpha value is -0.330. The second-order valence-electron chi connectivity index (χ2n) is 3.99. The highest BCUT2D eigenvalue weighted by Crippen LogP contribution is 2.37. The summed E-state index contributed by atoms with van der Waals surface area (Å²) in [4.78, 5) is 1.54. The van der Waals surface area contributed by atoms with Crippen molar-refractivity contribution in [1.82, 2.24) is 4.90 Å². The minimum atomic E-state index is -4.54. The molecule has 1 fully saturated rings. The number of aliphatic hydroxyl groups is 1. The van der Waals surface area contributed by atoms with Crippen LogP contribution in [0.5, 0.6) is 0 Å². The molecule has 0 aromatic rings. The van der Waals surface area contributed by atoms with E-state index >= 15 is 0 Å². The van der Waals surface area contributed by atoms with E-state index in [1.165, 1.54) is 4.90 Å². The normalized spacial score (nSPS) is 32.1. The van der Waals surface area contributed by atoms with Crippen molar-refractivity contribution in [1.29, 1.82) is 0 Å². The molecule has 3 nitrogen and oxygen atoms in total. The molecule has 1 heterocycles. The van der Waals surface area contributed by atoms with E-state index in [-0.39, 0.29) is 25.6 Å². The first-order valence-corrected chi connectivity index (χ1v) is 4.52. The predicted molar refractivity (Wildman–Crippen MR) is 45.7 cm³/mol. The highest BCUT2D eigenvalue weighted by molar-refractivity contribution is 4.96. The Bertz CT molecular complexity index is 207. The van der Waals surface area contributed by atoms with Crippen LogP contribution in [0.3, 0.4) is 0 Å². The average molecular weight is 212 g/mol. The zero-order valence-corrected chi connectivity index (χ0v) is 8.01. The standard InChI is InChI=1S/C8H15F3N2O/c1-6(12)4-13-3-2-7(14,5-13)8(9,10)11/h6,14H,2-5,12H2,1H3. The molecule has 0 bridgehead atoms. The SMILES string of the molecule is CC(N)CN1CCC(O)(C(F)(F)F)C1. The third-order valence-electron chi connectivity index (χ3n) is 2.40. The Kier molecular flexibility index (Phi) is 3.08. The molecule has 1 aliphatic heterocycles. The van der Waals surface area contributed by atoms with Gasteiger partial charge in [-0.25, -0.2) is 0 Å². The third-order valence-corrected chi connectivity index (χ3v) is 2.40. The van der Waals surface area contributed by atoms with Crippen LogP contribution in [0.15, 0.2) is 0 Å². The van der Waals surface area contributed by atoms with Gasteiger partial charge in [-0.1, -0.05) is 0 Å². The van der Waals surface area contributed by atoms with E-state index in [2.05, 4.69) is 0 Å². The van der Waals surface area contributed by atoms with E-state index in [1.807, 2.05) is 0 Å². The van der Waals surface area contributed by atoms with Crippen LogP contribution >= 0.6 is 0 Å². The molecule has 6 heteroatoms. The van der Waals surface area contributed by atoms with Gasteiger partial charge in [0, 0.05) is 25.7 Å². The van der Waals surface area contributed by atoms with Crippen molar-refractivity contribution in [2.45, 2.75) is 31.2 Å². The Morgan fingerprint density at radius 1 is 1.57 bits per heavy atom. The van der Waals surface area contributed by atoms with E-state index in [0.29, 0.717) is 6.54 Å². The monoisotopic (exact) mass is 212 g/mol. The van der Waals surface area contributed by atoms with Crippen LogP contribution < -0.4 is 5.73 Å². The van der Waals surface area contributed by atoms with Crippen LogP contribution in [0.25, 0.3) is 0 Å². The van der Waals surface area contributed by atoms with E-state index in [4.69, 9.17) is 5.73 Å². The van der Waals surface area contributed by atoms with Crippen LogP contribution in [0, 0.1) is 0 Å². The van der Waals surface area contributed by atoms with Crippen molar-refractivity contribution >= 4 is 0 Å². The maximum atomic E-state index is 12.3. The Labute approximate surface area is 80.7 Å². The van der Waals surface area contributed by atoms with Gasteiger partial charge < -0.3 is 10.8 Å². The van der Waals surface area contributed by atoms with Crippen molar-refractivity contribution in [3.05, 3.63) is 0 Å².